The molecule has 0 radical (unpaired) electrons. The van der Waals surface area contributed by atoms with Crippen LogP contribution < -0.4 is 5.32 Å². The highest BCUT2D eigenvalue weighted by molar-refractivity contribution is 8.06. The molecule has 1 heterocycles. The van der Waals surface area contributed by atoms with Crippen molar-refractivity contribution < 1.29 is 0 Å². The molecular weight excluding hydrogens is 246 g/mol. The van der Waals surface area contributed by atoms with Gasteiger partial charge in [-0.3, -0.25) is 0 Å². The summed E-state index contributed by atoms with van der Waals surface area (Å²) < 4.78 is 0. The lowest BCUT2D eigenvalue weighted by Crippen LogP contribution is -2.30. The Morgan fingerprint density at radius 3 is 3.00 bits per heavy atom. The second-order valence-electron chi connectivity index (χ2n) is 4.61. The number of rotatable bonds is 4. The largest absolute Gasteiger partial charge is 0.309 e. The fourth-order valence-corrected chi connectivity index (χ4v) is 4.64. The summed E-state index contributed by atoms with van der Waals surface area (Å²) in [5.74, 6) is 3.95. The first-order chi connectivity index (χ1) is 8.25. The van der Waals surface area contributed by atoms with Crippen molar-refractivity contribution in [2.45, 2.75) is 25.1 Å². The molecule has 1 N–H and O–H groups in total. The summed E-state index contributed by atoms with van der Waals surface area (Å²) in [5, 5.41) is 4.45. The summed E-state index contributed by atoms with van der Waals surface area (Å²) in [6.45, 7) is 5.55. The molecule has 1 aliphatic rings. The number of nitrogens with one attached hydrogen (secondary N) is 1. The molecule has 3 heteroatoms. The molecular formula is C14H21NS2. The van der Waals surface area contributed by atoms with Gasteiger partial charge in [-0.2, -0.15) is 23.5 Å². The lowest BCUT2D eigenvalue weighted by molar-refractivity contribution is 0.577. The van der Waals surface area contributed by atoms with E-state index in [1.807, 2.05) is 0 Å². The Bertz CT molecular complexity index is 348. The molecule has 2 unspecified atom stereocenters. The Morgan fingerprint density at radius 2 is 2.29 bits per heavy atom. The van der Waals surface area contributed by atoms with Crippen LogP contribution in [0, 0.1) is 6.92 Å². The van der Waals surface area contributed by atoms with Gasteiger partial charge in [0, 0.05) is 35.1 Å². The first-order valence-corrected chi connectivity index (χ1v) is 8.45. The maximum atomic E-state index is 3.66. The zero-order chi connectivity index (χ0) is 12.1. The monoisotopic (exact) mass is 267 g/mol. The fraction of sp³-hybridized carbons (Fsp3) is 0.571. The van der Waals surface area contributed by atoms with Crippen molar-refractivity contribution in [1.29, 1.82) is 0 Å². The van der Waals surface area contributed by atoms with E-state index in [0.717, 1.165) is 11.8 Å². The minimum atomic E-state index is 0.461. The van der Waals surface area contributed by atoms with E-state index in [-0.39, 0.29) is 0 Å². The summed E-state index contributed by atoms with van der Waals surface area (Å²) >= 11 is 4.21. The number of hydrogen-bond donors (Lipinski definition) is 1. The molecule has 1 saturated heterocycles. The van der Waals surface area contributed by atoms with Gasteiger partial charge in [0.2, 0.25) is 0 Å². The van der Waals surface area contributed by atoms with E-state index >= 15 is 0 Å². The second kappa shape index (κ2) is 6.72. The molecule has 2 rings (SSSR count). The van der Waals surface area contributed by atoms with Crippen molar-refractivity contribution >= 4 is 23.5 Å². The molecule has 0 saturated carbocycles. The Kier molecular flexibility index (Phi) is 5.26. The maximum absolute atomic E-state index is 3.66. The van der Waals surface area contributed by atoms with Crippen molar-refractivity contribution in [2.24, 2.45) is 0 Å². The summed E-state index contributed by atoms with van der Waals surface area (Å²) in [5.41, 5.74) is 2.75. The van der Waals surface area contributed by atoms with Crippen LogP contribution in [0.5, 0.6) is 0 Å². The van der Waals surface area contributed by atoms with Gasteiger partial charge in [0.15, 0.2) is 0 Å². The zero-order valence-corrected chi connectivity index (χ0v) is 12.2. The molecule has 1 aliphatic heterocycles. The van der Waals surface area contributed by atoms with Crippen LogP contribution in [-0.4, -0.2) is 29.1 Å². The predicted molar refractivity (Wildman–Crippen MR) is 81.2 cm³/mol. The van der Waals surface area contributed by atoms with Crippen molar-refractivity contribution in [1.82, 2.24) is 5.32 Å². The first-order valence-electron chi connectivity index (χ1n) is 6.25. The fourth-order valence-electron chi connectivity index (χ4n) is 2.02. The Hall–Kier alpha value is -0.120. The van der Waals surface area contributed by atoms with E-state index in [4.69, 9.17) is 0 Å². The summed E-state index contributed by atoms with van der Waals surface area (Å²) in [4.78, 5) is 0. The summed E-state index contributed by atoms with van der Waals surface area (Å²) in [6.07, 6.45) is 0. The number of benzene rings is 1. The average Bonchev–Trinajstić information content (AvgIpc) is 2.37. The van der Waals surface area contributed by atoms with Gasteiger partial charge < -0.3 is 5.32 Å². The van der Waals surface area contributed by atoms with Crippen molar-refractivity contribution in [2.75, 3.05) is 23.8 Å². The molecule has 0 spiro atoms. The Labute approximate surface area is 113 Å². The van der Waals surface area contributed by atoms with Gasteiger partial charge >= 0.3 is 0 Å². The van der Waals surface area contributed by atoms with Crippen LogP contribution in [0.3, 0.4) is 0 Å². The molecule has 2 atom stereocenters. The van der Waals surface area contributed by atoms with Gasteiger partial charge in [0.25, 0.3) is 0 Å². The van der Waals surface area contributed by atoms with Crippen LogP contribution in [0.15, 0.2) is 24.3 Å². The van der Waals surface area contributed by atoms with E-state index in [1.165, 1.54) is 28.4 Å². The minimum Gasteiger partial charge on any atom is -0.309 e. The van der Waals surface area contributed by atoms with E-state index in [1.54, 1.807) is 0 Å². The number of thioether (sulfide) groups is 2. The molecule has 1 aromatic rings. The quantitative estimate of drug-likeness (QED) is 0.897. The Balaban J connectivity index is 1.82. The molecule has 17 heavy (non-hydrogen) atoms. The van der Waals surface area contributed by atoms with Crippen molar-refractivity contribution in [3.63, 3.8) is 0 Å². The molecule has 1 nitrogen and oxygen atoms in total. The minimum absolute atomic E-state index is 0.461. The predicted octanol–water partition coefficient (Wildman–Crippen LogP) is 3.49. The maximum Gasteiger partial charge on any atom is 0.0292 e. The lowest BCUT2D eigenvalue weighted by Gasteiger charge is -2.23. The zero-order valence-electron chi connectivity index (χ0n) is 10.6. The SMILES string of the molecule is Cc1cccc(C(C)NCC2CSCCS2)c1. The third kappa shape index (κ3) is 4.23. The van der Waals surface area contributed by atoms with E-state index in [2.05, 4.69) is 67.0 Å². The average molecular weight is 267 g/mol. The van der Waals surface area contributed by atoms with Crippen LogP contribution >= 0.6 is 23.5 Å². The highest BCUT2D eigenvalue weighted by atomic mass is 32.2. The molecule has 0 amide bonds. The number of hydrogen-bond acceptors (Lipinski definition) is 3. The summed E-state index contributed by atoms with van der Waals surface area (Å²) in [6, 6.07) is 9.26. The normalized spacial score (nSPS) is 22.4. The number of aryl methyl sites for hydroxylation is 1. The Morgan fingerprint density at radius 1 is 1.41 bits per heavy atom. The van der Waals surface area contributed by atoms with Gasteiger partial charge in [-0.1, -0.05) is 29.8 Å². The molecule has 0 aromatic heterocycles. The standard InChI is InChI=1S/C14H21NS2/c1-11-4-3-5-13(8-11)12(2)15-9-14-10-16-6-7-17-14/h3-5,8,12,14-15H,6-7,9-10H2,1-2H3. The van der Waals surface area contributed by atoms with E-state index in [9.17, 15) is 0 Å². The third-order valence-electron chi connectivity index (χ3n) is 3.08. The highest BCUT2D eigenvalue weighted by Gasteiger charge is 2.15. The first kappa shape index (κ1) is 13.3. The molecule has 94 valence electrons. The van der Waals surface area contributed by atoms with Crippen molar-refractivity contribution in [3.8, 4) is 0 Å². The van der Waals surface area contributed by atoms with Gasteiger partial charge in [0.1, 0.15) is 0 Å². The van der Waals surface area contributed by atoms with E-state index in [0.29, 0.717) is 6.04 Å². The van der Waals surface area contributed by atoms with Gasteiger partial charge in [-0.05, 0) is 19.4 Å². The van der Waals surface area contributed by atoms with Crippen LogP contribution in [0.25, 0.3) is 0 Å². The molecule has 0 aliphatic carbocycles. The second-order valence-corrected chi connectivity index (χ2v) is 7.17. The smallest absolute Gasteiger partial charge is 0.0292 e. The summed E-state index contributed by atoms with van der Waals surface area (Å²) in [7, 11) is 0. The molecule has 1 aromatic carbocycles. The van der Waals surface area contributed by atoms with Crippen LogP contribution in [-0.2, 0) is 0 Å². The van der Waals surface area contributed by atoms with Crippen LogP contribution in [0.4, 0.5) is 0 Å². The van der Waals surface area contributed by atoms with Crippen LogP contribution in [0.2, 0.25) is 0 Å². The van der Waals surface area contributed by atoms with Gasteiger partial charge in [-0.25, -0.2) is 0 Å². The van der Waals surface area contributed by atoms with Crippen LogP contribution in [0.1, 0.15) is 24.1 Å². The van der Waals surface area contributed by atoms with Crippen molar-refractivity contribution in [3.05, 3.63) is 35.4 Å². The van der Waals surface area contributed by atoms with Gasteiger partial charge in [0.05, 0.1) is 0 Å². The topological polar surface area (TPSA) is 12.0 Å². The highest BCUT2D eigenvalue weighted by Crippen LogP contribution is 2.24. The van der Waals surface area contributed by atoms with Gasteiger partial charge in [-0.15, -0.1) is 0 Å². The van der Waals surface area contributed by atoms with E-state index < -0.39 is 0 Å². The molecule has 0 bridgehead atoms. The third-order valence-corrected chi connectivity index (χ3v) is 5.92. The molecule has 1 fully saturated rings. The lowest BCUT2D eigenvalue weighted by atomic mass is 10.1.